The number of aryl methyl sites for hydroxylation is 1. The molecule has 2 N–H and O–H groups in total. The van der Waals surface area contributed by atoms with Crippen LogP contribution in [-0.4, -0.2) is 19.6 Å². The van der Waals surface area contributed by atoms with Crippen LogP contribution in [-0.2, 0) is 0 Å². The molecule has 0 aromatic heterocycles. The minimum atomic E-state index is 0.436. The summed E-state index contributed by atoms with van der Waals surface area (Å²) in [6, 6.07) is 10.0. The first-order chi connectivity index (χ1) is 7.29. The average molecular weight is 204 g/mol. The molecule has 2 rings (SSSR count). The summed E-state index contributed by atoms with van der Waals surface area (Å²) in [6.45, 7) is 3.16. The molecule has 2 nitrogen and oxygen atoms in total. The van der Waals surface area contributed by atoms with E-state index in [1.54, 1.807) is 0 Å². The van der Waals surface area contributed by atoms with Crippen molar-refractivity contribution in [1.82, 2.24) is 10.6 Å². The van der Waals surface area contributed by atoms with E-state index in [1.165, 1.54) is 24.0 Å². The van der Waals surface area contributed by atoms with E-state index < -0.39 is 0 Å². The van der Waals surface area contributed by atoms with E-state index in [4.69, 9.17) is 0 Å². The molecule has 0 spiro atoms. The Morgan fingerprint density at radius 2 is 1.93 bits per heavy atom. The quantitative estimate of drug-likeness (QED) is 0.766. The van der Waals surface area contributed by atoms with Crippen molar-refractivity contribution in [1.29, 1.82) is 0 Å². The monoisotopic (exact) mass is 204 g/mol. The zero-order valence-electron chi connectivity index (χ0n) is 9.59. The standard InChI is InChI=1S/C13H20N2/c1-10-3-5-11(6-4-10)13(14-2)9-15-12-7-8-12/h3-6,12-15H,7-9H2,1-2H3. The molecular weight excluding hydrogens is 184 g/mol. The average Bonchev–Trinajstić information content (AvgIpc) is 3.05. The van der Waals surface area contributed by atoms with E-state index >= 15 is 0 Å². The first-order valence-corrected chi connectivity index (χ1v) is 5.77. The summed E-state index contributed by atoms with van der Waals surface area (Å²) in [6.07, 6.45) is 2.70. The van der Waals surface area contributed by atoms with Gasteiger partial charge in [-0.2, -0.15) is 0 Å². The van der Waals surface area contributed by atoms with Crippen LogP contribution in [0.15, 0.2) is 24.3 Å². The highest BCUT2D eigenvalue weighted by Crippen LogP contribution is 2.20. The molecule has 1 unspecified atom stereocenters. The van der Waals surface area contributed by atoms with Crippen molar-refractivity contribution in [3.63, 3.8) is 0 Å². The number of hydrogen-bond donors (Lipinski definition) is 2. The molecule has 1 aromatic rings. The molecule has 1 aliphatic carbocycles. The lowest BCUT2D eigenvalue weighted by Crippen LogP contribution is -2.30. The summed E-state index contributed by atoms with van der Waals surface area (Å²) >= 11 is 0. The molecule has 0 heterocycles. The predicted octanol–water partition coefficient (Wildman–Crippen LogP) is 2.01. The summed E-state index contributed by atoms with van der Waals surface area (Å²) in [7, 11) is 2.03. The largest absolute Gasteiger partial charge is 0.312 e. The van der Waals surface area contributed by atoms with E-state index in [0.29, 0.717) is 6.04 Å². The molecule has 1 atom stereocenters. The molecule has 1 aliphatic rings. The van der Waals surface area contributed by atoms with Crippen LogP contribution in [0, 0.1) is 6.92 Å². The third-order valence-electron chi connectivity index (χ3n) is 3.02. The first-order valence-electron chi connectivity index (χ1n) is 5.77. The molecule has 1 saturated carbocycles. The fourth-order valence-electron chi connectivity index (χ4n) is 1.76. The predicted molar refractivity (Wildman–Crippen MR) is 64.0 cm³/mol. The zero-order valence-corrected chi connectivity index (χ0v) is 9.59. The second-order valence-corrected chi connectivity index (χ2v) is 4.43. The maximum absolute atomic E-state index is 3.56. The number of nitrogens with one attached hydrogen (secondary N) is 2. The molecule has 0 saturated heterocycles. The second kappa shape index (κ2) is 4.77. The van der Waals surface area contributed by atoms with Gasteiger partial charge < -0.3 is 10.6 Å². The van der Waals surface area contributed by atoms with Gasteiger partial charge in [0.15, 0.2) is 0 Å². The molecular formula is C13H20N2. The van der Waals surface area contributed by atoms with E-state index in [-0.39, 0.29) is 0 Å². The molecule has 0 radical (unpaired) electrons. The van der Waals surface area contributed by atoms with Gasteiger partial charge in [-0.05, 0) is 32.4 Å². The Balaban J connectivity index is 1.94. The normalized spacial score (nSPS) is 17.7. The van der Waals surface area contributed by atoms with Gasteiger partial charge in [-0.1, -0.05) is 29.8 Å². The van der Waals surface area contributed by atoms with Crippen LogP contribution in [0.25, 0.3) is 0 Å². The first kappa shape index (κ1) is 10.7. The number of benzene rings is 1. The van der Waals surface area contributed by atoms with Gasteiger partial charge in [-0.3, -0.25) is 0 Å². The smallest absolute Gasteiger partial charge is 0.0444 e. The van der Waals surface area contributed by atoms with Crippen molar-refractivity contribution >= 4 is 0 Å². The maximum Gasteiger partial charge on any atom is 0.0444 e. The lowest BCUT2D eigenvalue weighted by atomic mass is 10.1. The highest BCUT2D eigenvalue weighted by molar-refractivity contribution is 5.24. The fourth-order valence-corrected chi connectivity index (χ4v) is 1.76. The zero-order chi connectivity index (χ0) is 10.7. The van der Waals surface area contributed by atoms with Gasteiger partial charge in [0.1, 0.15) is 0 Å². The SMILES string of the molecule is CNC(CNC1CC1)c1ccc(C)cc1. The lowest BCUT2D eigenvalue weighted by molar-refractivity contribution is 0.526. The minimum absolute atomic E-state index is 0.436. The Labute approximate surface area is 92.1 Å². The Bertz CT molecular complexity index is 301. The third-order valence-corrected chi connectivity index (χ3v) is 3.02. The van der Waals surface area contributed by atoms with Gasteiger partial charge in [0, 0.05) is 18.6 Å². The molecule has 0 bridgehead atoms. The molecule has 82 valence electrons. The van der Waals surface area contributed by atoms with E-state index in [9.17, 15) is 0 Å². The number of rotatable bonds is 5. The molecule has 0 amide bonds. The Morgan fingerprint density at radius 3 is 2.47 bits per heavy atom. The molecule has 2 heteroatoms. The number of likely N-dealkylation sites (N-methyl/N-ethyl adjacent to an activating group) is 1. The van der Waals surface area contributed by atoms with Crippen LogP contribution in [0.4, 0.5) is 0 Å². The summed E-state index contributed by atoms with van der Waals surface area (Å²) in [5, 5.41) is 6.92. The highest BCUT2D eigenvalue weighted by Gasteiger charge is 2.21. The Hall–Kier alpha value is -0.860. The van der Waals surface area contributed by atoms with Crippen molar-refractivity contribution in [2.24, 2.45) is 0 Å². The topological polar surface area (TPSA) is 24.1 Å². The van der Waals surface area contributed by atoms with Gasteiger partial charge >= 0.3 is 0 Å². The van der Waals surface area contributed by atoms with Crippen LogP contribution in [0.2, 0.25) is 0 Å². The van der Waals surface area contributed by atoms with Gasteiger partial charge in [-0.25, -0.2) is 0 Å². The van der Waals surface area contributed by atoms with E-state index in [0.717, 1.165) is 12.6 Å². The van der Waals surface area contributed by atoms with Crippen LogP contribution in [0.1, 0.15) is 30.0 Å². The van der Waals surface area contributed by atoms with Crippen molar-refractivity contribution in [3.05, 3.63) is 35.4 Å². The van der Waals surface area contributed by atoms with Gasteiger partial charge in [0.25, 0.3) is 0 Å². The summed E-state index contributed by atoms with van der Waals surface area (Å²) < 4.78 is 0. The highest BCUT2D eigenvalue weighted by atomic mass is 15.0. The van der Waals surface area contributed by atoms with Crippen molar-refractivity contribution in [2.75, 3.05) is 13.6 Å². The van der Waals surface area contributed by atoms with Crippen molar-refractivity contribution < 1.29 is 0 Å². The van der Waals surface area contributed by atoms with Crippen LogP contribution < -0.4 is 10.6 Å². The van der Waals surface area contributed by atoms with Crippen LogP contribution in [0.5, 0.6) is 0 Å². The fraction of sp³-hybridized carbons (Fsp3) is 0.538. The van der Waals surface area contributed by atoms with Crippen molar-refractivity contribution in [2.45, 2.75) is 31.8 Å². The molecule has 1 fully saturated rings. The third kappa shape index (κ3) is 3.05. The summed E-state index contributed by atoms with van der Waals surface area (Å²) in [4.78, 5) is 0. The van der Waals surface area contributed by atoms with Crippen LogP contribution in [0.3, 0.4) is 0 Å². The minimum Gasteiger partial charge on any atom is -0.312 e. The Morgan fingerprint density at radius 1 is 1.27 bits per heavy atom. The molecule has 0 aliphatic heterocycles. The van der Waals surface area contributed by atoms with Crippen LogP contribution >= 0.6 is 0 Å². The van der Waals surface area contributed by atoms with Crippen molar-refractivity contribution in [3.8, 4) is 0 Å². The number of hydrogen-bond acceptors (Lipinski definition) is 2. The molecule has 1 aromatic carbocycles. The summed E-state index contributed by atoms with van der Waals surface area (Å²) in [5.41, 5.74) is 2.69. The molecule has 15 heavy (non-hydrogen) atoms. The summed E-state index contributed by atoms with van der Waals surface area (Å²) in [5.74, 6) is 0. The van der Waals surface area contributed by atoms with Gasteiger partial charge in [-0.15, -0.1) is 0 Å². The second-order valence-electron chi connectivity index (χ2n) is 4.43. The van der Waals surface area contributed by atoms with Gasteiger partial charge in [0.05, 0.1) is 0 Å². The van der Waals surface area contributed by atoms with E-state index in [2.05, 4.69) is 41.8 Å². The maximum atomic E-state index is 3.56. The Kier molecular flexibility index (Phi) is 3.39. The van der Waals surface area contributed by atoms with Gasteiger partial charge in [0.2, 0.25) is 0 Å². The lowest BCUT2D eigenvalue weighted by Gasteiger charge is -2.17. The van der Waals surface area contributed by atoms with E-state index in [1.807, 2.05) is 7.05 Å².